The molecule has 0 bridgehead atoms. The highest BCUT2D eigenvalue weighted by atomic mass is 15.1. The first kappa shape index (κ1) is 16.5. The predicted octanol–water partition coefficient (Wildman–Crippen LogP) is 5.08. The maximum absolute atomic E-state index is 2.38. The molecule has 0 amide bonds. The Kier molecular flexibility index (Phi) is 9.30. The lowest BCUT2D eigenvalue weighted by molar-refractivity contribution is 0.337. The molecule has 0 fully saturated rings. The van der Waals surface area contributed by atoms with Crippen LogP contribution in [0.5, 0.6) is 0 Å². The zero-order valence-corrected chi connectivity index (χ0v) is 12.9. The Bertz CT molecular complexity index is 198. The summed E-state index contributed by atoms with van der Waals surface area (Å²) >= 11 is 0. The van der Waals surface area contributed by atoms with Gasteiger partial charge in [-0.1, -0.05) is 53.0 Å². The van der Waals surface area contributed by atoms with Crippen molar-refractivity contribution in [2.75, 3.05) is 7.05 Å². The molecule has 0 spiro atoms. The monoisotopic (exact) mass is 239 g/mol. The third-order valence-corrected chi connectivity index (χ3v) is 3.92. The van der Waals surface area contributed by atoms with Crippen molar-refractivity contribution in [1.29, 1.82) is 0 Å². The van der Waals surface area contributed by atoms with Crippen molar-refractivity contribution in [3.8, 4) is 0 Å². The molecule has 1 heteroatoms. The van der Waals surface area contributed by atoms with Crippen LogP contribution in [0.4, 0.5) is 0 Å². The van der Waals surface area contributed by atoms with Crippen molar-refractivity contribution in [3.05, 3.63) is 12.3 Å². The number of hydrogen-bond donors (Lipinski definition) is 0. The van der Waals surface area contributed by atoms with E-state index in [1.807, 2.05) is 0 Å². The van der Waals surface area contributed by atoms with Gasteiger partial charge in [0.1, 0.15) is 0 Å². The van der Waals surface area contributed by atoms with Crippen LogP contribution in [0.15, 0.2) is 12.3 Å². The van der Waals surface area contributed by atoms with Gasteiger partial charge in [-0.25, -0.2) is 0 Å². The summed E-state index contributed by atoms with van der Waals surface area (Å²) in [7, 11) is 2.18. The van der Waals surface area contributed by atoms with Crippen molar-refractivity contribution >= 4 is 0 Å². The second kappa shape index (κ2) is 9.56. The molecule has 0 aliphatic rings. The number of hydrogen-bond acceptors (Lipinski definition) is 1. The van der Waals surface area contributed by atoms with E-state index in [-0.39, 0.29) is 0 Å². The third kappa shape index (κ3) is 7.46. The van der Waals surface area contributed by atoms with Crippen LogP contribution >= 0.6 is 0 Å². The lowest BCUT2D eigenvalue weighted by Gasteiger charge is -2.23. The molecular formula is C16H33N. The Hall–Kier alpha value is -0.460. The summed E-state index contributed by atoms with van der Waals surface area (Å²) in [5.41, 5.74) is 0. The highest BCUT2D eigenvalue weighted by molar-refractivity contribution is 4.88. The molecule has 0 heterocycles. The normalized spacial score (nSPS) is 17.1. The smallest absolute Gasteiger partial charge is 0.0250 e. The topological polar surface area (TPSA) is 3.24 Å². The SMILES string of the molecule is CCCC(CC)CC(C)C=CN(C)C(C)CC. The highest BCUT2D eigenvalue weighted by Gasteiger charge is 2.09. The summed E-state index contributed by atoms with van der Waals surface area (Å²) in [5.74, 6) is 1.62. The van der Waals surface area contributed by atoms with E-state index in [4.69, 9.17) is 0 Å². The Morgan fingerprint density at radius 1 is 1.06 bits per heavy atom. The van der Waals surface area contributed by atoms with Crippen LogP contribution in [0.25, 0.3) is 0 Å². The van der Waals surface area contributed by atoms with E-state index in [1.54, 1.807) is 0 Å². The Balaban J connectivity index is 4.06. The van der Waals surface area contributed by atoms with E-state index in [0.717, 1.165) is 5.92 Å². The van der Waals surface area contributed by atoms with Gasteiger partial charge in [-0.2, -0.15) is 0 Å². The highest BCUT2D eigenvalue weighted by Crippen LogP contribution is 2.21. The molecule has 3 atom stereocenters. The van der Waals surface area contributed by atoms with Gasteiger partial charge in [-0.3, -0.25) is 0 Å². The molecule has 0 aromatic heterocycles. The van der Waals surface area contributed by atoms with Gasteiger partial charge in [0.2, 0.25) is 0 Å². The zero-order chi connectivity index (χ0) is 13.3. The lowest BCUT2D eigenvalue weighted by Crippen LogP contribution is -2.22. The van der Waals surface area contributed by atoms with Gasteiger partial charge in [-0.15, -0.1) is 0 Å². The molecule has 0 aromatic rings. The molecule has 102 valence electrons. The molecule has 0 rings (SSSR count). The van der Waals surface area contributed by atoms with E-state index >= 15 is 0 Å². The fraction of sp³-hybridized carbons (Fsp3) is 0.875. The van der Waals surface area contributed by atoms with Crippen LogP contribution in [-0.2, 0) is 0 Å². The van der Waals surface area contributed by atoms with E-state index in [1.165, 1.54) is 32.1 Å². The summed E-state index contributed by atoms with van der Waals surface area (Å²) in [6.07, 6.45) is 11.2. The van der Waals surface area contributed by atoms with Crippen molar-refractivity contribution < 1.29 is 0 Å². The van der Waals surface area contributed by atoms with Crippen LogP contribution in [0.3, 0.4) is 0 Å². The zero-order valence-electron chi connectivity index (χ0n) is 12.9. The molecule has 17 heavy (non-hydrogen) atoms. The molecule has 0 saturated heterocycles. The summed E-state index contributed by atoms with van der Waals surface area (Å²) < 4.78 is 0. The molecule has 0 radical (unpaired) electrons. The number of nitrogens with zero attached hydrogens (tertiary/aromatic N) is 1. The van der Waals surface area contributed by atoms with Crippen LogP contribution in [0, 0.1) is 11.8 Å². The predicted molar refractivity (Wildman–Crippen MR) is 79.1 cm³/mol. The fourth-order valence-electron chi connectivity index (χ4n) is 2.22. The number of allylic oxidation sites excluding steroid dienone is 1. The van der Waals surface area contributed by atoms with Crippen molar-refractivity contribution in [1.82, 2.24) is 4.90 Å². The molecule has 0 aliphatic carbocycles. The molecular weight excluding hydrogens is 206 g/mol. The molecule has 0 N–H and O–H groups in total. The van der Waals surface area contributed by atoms with E-state index < -0.39 is 0 Å². The largest absolute Gasteiger partial charge is 0.378 e. The van der Waals surface area contributed by atoms with Gasteiger partial charge < -0.3 is 4.90 Å². The maximum atomic E-state index is 2.38. The summed E-state index contributed by atoms with van der Waals surface area (Å²) in [6.45, 7) is 11.5. The average Bonchev–Trinajstić information content (AvgIpc) is 2.34. The summed E-state index contributed by atoms with van der Waals surface area (Å²) in [6, 6.07) is 0.649. The van der Waals surface area contributed by atoms with E-state index in [9.17, 15) is 0 Å². The fourth-order valence-corrected chi connectivity index (χ4v) is 2.22. The first-order valence-electron chi connectivity index (χ1n) is 7.45. The second-order valence-corrected chi connectivity index (χ2v) is 5.54. The lowest BCUT2D eigenvalue weighted by atomic mass is 9.90. The van der Waals surface area contributed by atoms with Gasteiger partial charge in [0.25, 0.3) is 0 Å². The standard InChI is InChI=1S/C16H33N/c1-7-10-16(9-3)13-14(4)11-12-17(6)15(5)8-2/h11-12,14-16H,7-10,13H2,1-6H3. The summed E-state index contributed by atoms with van der Waals surface area (Å²) in [5, 5.41) is 0. The van der Waals surface area contributed by atoms with E-state index in [2.05, 4.69) is 58.8 Å². The maximum Gasteiger partial charge on any atom is 0.0250 e. The van der Waals surface area contributed by atoms with Crippen LogP contribution in [-0.4, -0.2) is 18.0 Å². The Labute approximate surface area is 109 Å². The van der Waals surface area contributed by atoms with Crippen molar-refractivity contribution in [3.63, 3.8) is 0 Å². The van der Waals surface area contributed by atoms with Gasteiger partial charge in [0.05, 0.1) is 0 Å². The first-order valence-corrected chi connectivity index (χ1v) is 7.45. The molecule has 3 unspecified atom stereocenters. The molecule has 1 nitrogen and oxygen atoms in total. The van der Waals surface area contributed by atoms with E-state index in [0.29, 0.717) is 12.0 Å². The minimum atomic E-state index is 0.649. The van der Waals surface area contributed by atoms with Crippen molar-refractivity contribution in [2.45, 2.75) is 72.8 Å². The van der Waals surface area contributed by atoms with Gasteiger partial charge in [0.15, 0.2) is 0 Å². The molecule has 0 aliphatic heterocycles. The minimum absolute atomic E-state index is 0.649. The average molecular weight is 239 g/mol. The quantitative estimate of drug-likeness (QED) is 0.542. The van der Waals surface area contributed by atoms with Crippen molar-refractivity contribution in [2.24, 2.45) is 11.8 Å². The van der Waals surface area contributed by atoms with Crippen LogP contribution in [0.1, 0.15) is 66.7 Å². The van der Waals surface area contributed by atoms with Gasteiger partial charge >= 0.3 is 0 Å². The molecule has 0 aromatic carbocycles. The van der Waals surface area contributed by atoms with Gasteiger partial charge in [-0.05, 0) is 37.8 Å². The summed E-state index contributed by atoms with van der Waals surface area (Å²) in [4.78, 5) is 2.33. The Morgan fingerprint density at radius 2 is 1.71 bits per heavy atom. The molecule has 0 saturated carbocycles. The first-order chi connectivity index (χ1) is 8.04. The second-order valence-electron chi connectivity index (χ2n) is 5.54. The third-order valence-electron chi connectivity index (χ3n) is 3.92. The van der Waals surface area contributed by atoms with Crippen LogP contribution in [0.2, 0.25) is 0 Å². The van der Waals surface area contributed by atoms with Gasteiger partial charge in [0, 0.05) is 13.1 Å². The van der Waals surface area contributed by atoms with Crippen LogP contribution < -0.4 is 0 Å². The minimum Gasteiger partial charge on any atom is -0.378 e. The Morgan fingerprint density at radius 3 is 2.18 bits per heavy atom. The number of rotatable bonds is 9.